The van der Waals surface area contributed by atoms with E-state index in [2.05, 4.69) is 5.32 Å². The Labute approximate surface area is 98.7 Å². The van der Waals surface area contributed by atoms with Crippen molar-refractivity contribution in [2.45, 2.75) is 12.7 Å². The number of carbonyl (C=O) groups is 1. The maximum atomic E-state index is 13.3. The number of hydrogen-bond donors (Lipinski definition) is 1. The van der Waals surface area contributed by atoms with Crippen LogP contribution in [0.5, 0.6) is 0 Å². The zero-order valence-electron chi connectivity index (χ0n) is 9.32. The van der Waals surface area contributed by atoms with Crippen molar-refractivity contribution in [2.24, 2.45) is 0 Å². The van der Waals surface area contributed by atoms with Gasteiger partial charge < -0.3 is 14.8 Å². The van der Waals surface area contributed by atoms with Crippen molar-refractivity contribution in [1.82, 2.24) is 5.32 Å². The molecule has 0 saturated carbocycles. The first kappa shape index (κ1) is 12.0. The van der Waals surface area contributed by atoms with Gasteiger partial charge in [0.25, 0.3) is 5.91 Å². The second-order valence-corrected chi connectivity index (χ2v) is 3.70. The van der Waals surface area contributed by atoms with Gasteiger partial charge in [-0.15, -0.1) is 0 Å². The van der Waals surface area contributed by atoms with Crippen molar-refractivity contribution in [3.63, 3.8) is 0 Å². The number of carbonyl (C=O) groups excluding carboxylic acids is 1. The van der Waals surface area contributed by atoms with Crippen LogP contribution >= 0.6 is 0 Å². The fourth-order valence-electron chi connectivity index (χ4n) is 1.62. The third-order valence-corrected chi connectivity index (χ3v) is 2.47. The van der Waals surface area contributed by atoms with Crippen molar-refractivity contribution in [2.75, 3.05) is 19.8 Å². The van der Waals surface area contributed by atoms with E-state index in [0.29, 0.717) is 26.2 Å². The first-order valence-electron chi connectivity index (χ1n) is 5.53. The smallest absolute Gasteiger partial charge is 0.254 e. The molecule has 1 aliphatic rings. The largest absolute Gasteiger partial charge is 0.352 e. The summed E-state index contributed by atoms with van der Waals surface area (Å²) in [4.78, 5) is 11.6. The lowest BCUT2D eigenvalue weighted by Gasteiger charge is -2.10. The normalized spacial score (nSPS) is 16.1. The van der Waals surface area contributed by atoms with Crippen LogP contribution in [0.4, 0.5) is 4.39 Å². The topological polar surface area (TPSA) is 47.6 Å². The summed E-state index contributed by atoms with van der Waals surface area (Å²) in [5.74, 6) is -0.931. The predicted octanol–water partition coefficient (Wildman–Crippen LogP) is 1.32. The molecule has 0 aliphatic carbocycles. The van der Waals surface area contributed by atoms with Gasteiger partial charge in [0.1, 0.15) is 5.82 Å². The molecular weight excluding hydrogens is 225 g/mol. The van der Waals surface area contributed by atoms with Gasteiger partial charge in [0.2, 0.25) is 0 Å². The molecule has 1 aliphatic heterocycles. The lowest BCUT2D eigenvalue weighted by Crippen LogP contribution is -2.28. The molecule has 1 aromatic carbocycles. The van der Waals surface area contributed by atoms with Crippen LogP contribution in [0.1, 0.15) is 16.8 Å². The van der Waals surface area contributed by atoms with E-state index in [0.717, 1.165) is 0 Å². The summed E-state index contributed by atoms with van der Waals surface area (Å²) in [5.41, 5.74) is 0.0563. The van der Waals surface area contributed by atoms with Crippen LogP contribution < -0.4 is 5.32 Å². The Bertz CT molecular complexity index is 391. The Morgan fingerprint density at radius 2 is 2.06 bits per heavy atom. The summed E-state index contributed by atoms with van der Waals surface area (Å²) in [7, 11) is 0. The number of amides is 1. The monoisotopic (exact) mass is 239 g/mol. The molecule has 1 fully saturated rings. The summed E-state index contributed by atoms with van der Waals surface area (Å²) < 4.78 is 23.7. The second kappa shape index (κ2) is 5.75. The van der Waals surface area contributed by atoms with Crippen LogP contribution in [0, 0.1) is 5.82 Å². The number of benzene rings is 1. The number of halogens is 1. The van der Waals surface area contributed by atoms with Crippen LogP contribution in [-0.4, -0.2) is 32.0 Å². The molecule has 1 saturated heterocycles. The van der Waals surface area contributed by atoms with Gasteiger partial charge in [0.05, 0.1) is 18.8 Å². The molecule has 0 unspecified atom stereocenters. The summed E-state index contributed by atoms with van der Waals surface area (Å²) in [6, 6.07) is 5.89. The van der Waals surface area contributed by atoms with E-state index in [1.54, 1.807) is 12.1 Å². The van der Waals surface area contributed by atoms with Crippen LogP contribution in [-0.2, 0) is 9.47 Å². The molecule has 92 valence electrons. The Hall–Kier alpha value is -1.46. The third-order valence-electron chi connectivity index (χ3n) is 2.47. The third kappa shape index (κ3) is 3.25. The molecule has 0 bridgehead atoms. The Kier molecular flexibility index (Phi) is 4.06. The van der Waals surface area contributed by atoms with Crippen molar-refractivity contribution in [3.05, 3.63) is 35.6 Å². The zero-order valence-corrected chi connectivity index (χ0v) is 9.32. The van der Waals surface area contributed by atoms with Crippen LogP contribution in [0.2, 0.25) is 0 Å². The van der Waals surface area contributed by atoms with Gasteiger partial charge in [-0.1, -0.05) is 12.1 Å². The van der Waals surface area contributed by atoms with E-state index in [1.165, 1.54) is 12.1 Å². The molecule has 0 spiro atoms. The average Bonchev–Trinajstić information content (AvgIpc) is 2.82. The van der Waals surface area contributed by atoms with Crippen LogP contribution in [0.3, 0.4) is 0 Å². The highest BCUT2D eigenvalue weighted by molar-refractivity contribution is 5.94. The highest BCUT2D eigenvalue weighted by Gasteiger charge is 2.16. The lowest BCUT2D eigenvalue weighted by molar-refractivity contribution is -0.0455. The van der Waals surface area contributed by atoms with Gasteiger partial charge in [-0.05, 0) is 12.1 Å². The molecule has 1 heterocycles. The van der Waals surface area contributed by atoms with Crippen molar-refractivity contribution < 1.29 is 18.7 Å². The van der Waals surface area contributed by atoms with E-state index in [4.69, 9.17) is 9.47 Å². The van der Waals surface area contributed by atoms with E-state index in [1.807, 2.05) is 0 Å². The van der Waals surface area contributed by atoms with E-state index >= 15 is 0 Å². The summed E-state index contributed by atoms with van der Waals surface area (Å²) >= 11 is 0. The molecule has 0 atom stereocenters. The molecule has 4 nitrogen and oxygen atoms in total. The molecule has 1 amide bonds. The van der Waals surface area contributed by atoms with Crippen LogP contribution in [0.25, 0.3) is 0 Å². The van der Waals surface area contributed by atoms with Crippen molar-refractivity contribution >= 4 is 5.91 Å². The molecule has 0 aromatic heterocycles. The molecule has 1 N–H and O–H groups in total. The summed E-state index contributed by atoms with van der Waals surface area (Å²) in [6.45, 7) is 1.58. The minimum absolute atomic E-state index is 0.0563. The molecule has 17 heavy (non-hydrogen) atoms. The van der Waals surface area contributed by atoms with Crippen molar-refractivity contribution in [1.29, 1.82) is 0 Å². The second-order valence-electron chi connectivity index (χ2n) is 3.70. The highest BCUT2D eigenvalue weighted by Crippen LogP contribution is 2.08. The van der Waals surface area contributed by atoms with Crippen LogP contribution in [0.15, 0.2) is 24.3 Å². The molecule has 0 radical (unpaired) electrons. The zero-order chi connectivity index (χ0) is 12.1. The fraction of sp³-hybridized carbons (Fsp3) is 0.417. The lowest BCUT2D eigenvalue weighted by atomic mass is 10.2. The minimum Gasteiger partial charge on any atom is -0.352 e. The number of rotatable bonds is 4. The van der Waals surface area contributed by atoms with Gasteiger partial charge in [0, 0.05) is 13.0 Å². The Morgan fingerprint density at radius 3 is 2.76 bits per heavy atom. The van der Waals surface area contributed by atoms with Gasteiger partial charge >= 0.3 is 0 Å². The van der Waals surface area contributed by atoms with E-state index < -0.39 is 11.7 Å². The van der Waals surface area contributed by atoms with Gasteiger partial charge in [-0.2, -0.15) is 0 Å². The summed E-state index contributed by atoms with van der Waals surface area (Å²) in [6.07, 6.45) is 0.316. The first-order valence-corrected chi connectivity index (χ1v) is 5.53. The minimum atomic E-state index is -0.515. The Balaban J connectivity index is 1.79. The standard InChI is InChI=1S/C12H14FNO3/c13-10-4-2-1-3-9(10)12(15)14-6-5-11-16-7-8-17-11/h1-4,11H,5-8H2,(H,14,15). The van der Waals surface area contributed by atoms with E-state index in [9.17, 15) is 9.18 Å². The number of nitrogens with one attached hydrogen (secondary N) is 1. The van der Waals surface area contributed by atoms with Crippen molar-refractivity contribution in [3.8, 4) is 0 Å². The number of ether oxygens (including phenoxy) is 2. The predicted molar refractivity (Wildman–Crippen MR) is 59.0 cm³/mol. The maximum absolute atomic E-state index is 13.3. The van der Waals surface area contributed by atoms with Gasteiger partial charge in [-0.3, -0.25) is 4.79 Å². The molecule has 2 rings (SSSR count). The SMILES string of the molecule is O=C(NCCC1OCCO1)c1ccccc1F. The molecular formula is C12H14FNO3. The number of hydrogen-bond acceptors (Lipinski definition) is 3. The van der Waals surface area contributed by atoms with E-state index in [-0.39, 0.29) is 11.9 Å². The average molecular weight is 239 g/mol. The maximum Gasteiger partial charge on any atom is 0.254 e. The molecule has 5 heteroatoms. The van der Waals surface area contributed by atoms with Gasteiger partial charge in [-0.25, -0.2) is 4.39 Å². The summed E-state index contributed by atoms with van der Waals surface area (Å²) in [5, 5.41) is 2.63. The Morgan fingerprint density at radius 1 is 1.35 bits per heavy atom. The fourth-order valence-corrected chi connectivity index (χ4v) is 1.62. The quantitative estimate of drug-likeness (QED) is 0.862. The molecule has 1 aromatic rings. The first-order chi connectivity index (χ1) is 8.27. The van der Waals surface area contributed by atoms with Gasteiger partial charge in [0.15, 0.2) is 6.29 Å². The highest BCUT2D eigenvalue weighted by atomic mass is 19.1.